The van der Waals surface area contributed by atoms with E-state index in [2.05, 4.69) is 0 Å². The first-order valence-corrected chi connectivity index (χ1v) is 9.96. The maximum absolute atomic E-state index is 13.0. The topological polar surface area (TPSA) is 70.1 Å². The summed E-state index contributed by atoms with van der Waals surface area (Å²) in [7, 11) is 5.27. The van der Waals surface area contributed by atoms with Gasteiger partial charge in [0.05, 0.1) is 23.7 Å². The minimum Gasteiger partial charge on any atom is -0.507 e. The van der Waals surface area contributed by atoms with Gasteiger partial charge in [0.2, 0.25) is 0 Å². The number of amides is 1. The highest BCUT2D eigenvalue weighted by Gasteiger charge is 2.45. The molecule has 1 N–H and O–H groups in total. The monoisotopic (exact) mass is 428 g/mol. The van der Waals surface area contributed by atoms with Gasteiger partial charge < -0.3 is 19.6 Å². The maximum atomic E-state index is 13.0. The second-order valence-electron chi connectivity index (χ2n) is 7.56. The highest BCUT2D eigenvalue weighted by molar-refractivity contribution is 6.46. The van der Waals surface area contributed by atoms with E-state index in [1.165, 1.54) is 12.0 Å². The lowest BCUT2D eigenvalue weighted by Crippen LogP contribution is -2.35. The van der Waals surface area contributed by atoms with E-state index in [1.54, 1.807) is 18.2 Å². The molecule has 1 amide bonds. The number of Topliss-reactive ketones (excluding diaryl/α,β-unsaturated/α-hetero) is 1. The molecule has 0 saturated carbocycles. The van der Waals surface area contributed by atoms with Crippen LogP contribution in [0.2, 0.25) is 5.02 Å². The van der Waals surface area contributed by atoms with Gasteiger partial charge >= 0.3 is 0 Å². The van der Waals surface area contributed by atoms with Crippen molar-refractivity contribution in [2.24, 2.45) is 0 Å². The molecule has 1 aliphatic rings. The van der Waals surface area contributed by atoms with Crippen molar-refractivity contribution in [2.75, 3.05) is 34.3 Å². The predicted octanol–water partition coefficient (Wildman–Crippen LogP) is 3.64. The number of nitrogens with zero attached hydrogens (tertiary/aromatic N) is 2. The first-order valence-electron chi connectivity index (χ1n) is 9.58. The van der Waals surface area contributed by atoms with Crippen LogP contribution in [0.1, 0.15) is 22.7 Å². The average Bonchev–Trinajstić information content (AvgIpc) is 2.96. The van der Waals surface area contributed by atoms with Gasteiger partial charge in [0.25, 0.3) is 11.7 Å². The Balaban J connectivity index is 2.17. The Morgan fingerprint density at radius 1 is 1.20 bits per heavy atom. The zero-order valence-electron chi connectivity index (χ0n) is 17.5. The van der Waals surface area contributed by atoms with Crippen molar-refractivity contribution in [1.29, 1.82) is 0 Å². The van der Waals surface area contributed by atoms with Crippen molar-refractivity contribution in [3.8, 4) is 5.75 Å². The summed E-state index contributed by atoms with van der Waals surface area (Å²) in [6.07, 6.45) is 0. The number of likely N-dealkylation sites (tertiary alicyclic amines) is 1. The van der Waals surface area contributed by atoms with Crippen molar-refractivity contribution in [3.05, 3.63) is 69.8 Å². The summed E-state index contributed by atoms with van der Waals surface area (Å²) in [6, 6.07) is 11.7. The minimum atomic E-state index is -0.702. The lowest BCUT2D eigenvalue weighted by molar-refractivity contribution is -0.140. The number of hydrogen-bond acceptors (Lipinski definition) is 5. The second kappa shape index (κ2) is 8.90. The van der Waals surface area contributed by atoms with E-state index in [0.717, 1.165) is 11.1 Å². The lowest BCUT2D eigenvalue weighted by atomic mass is 9.94. The molecule has 0 aliphatic carbocycles. The molecule has 158 valence electrons. The molecule has 7 heteroatoms. The number of aryl methyl sites for hydroxylation is 1. The Morgan fingerprint density at radius 3 is 2.57 bits per heavy atom. The van der Waals surface area contributed by atoms with Gasteiger partial charge in [-0.1, -0.05) is 41.4 Å². The van der Waals surface area contributed by atoms with Crippen LogP contribution in [0.3, 0.4) is 0 Å². The van der Waals surface area contributed by atoms with Crippen LogP contribution in [-0.2, 0) is 9.59 Å². The Hall–Kier alpha value is -2.83. The molecule has 1 atom stereocenters. The minimum absolute atomic E-state index is 0.0636. The number of ether oxygens (including phenoxy) is 1. The zero-order valence-corrected chi connectivity index (χ0v) is 18.2. The third-order valence-corrected chi connectivity index (χ3v) is 5.42. The zero-order chi connectivity index (χ0) is 22.0. The van der Waals surface area contributed by atoms with Gasteiger partial charge in [-0.15, -0.1) is 0 Å². The van der Waals surface area contributed by atoms with Crippen molar-refractivity contribution in [1.82, 2.24) is 9.80 Å². The van der Waals surface area contributed by atoms with Gasteiger partial charge in [-0.05, 0) is 44.8 Å². The normalized spacial score (nSPS) is 18.3. The van der Waals surface area contributed by atoms with E-state index in [-0.39, 0.29) is 11.3 Å². The van der Waals surface area contributed by atoms with Crippen LogP contribution in [0, 0.1) is 6.92 Å². The SMILES string of the molecule is COc1cc(/C(O)=C2/C(=O)C(=O)N(CCN(C)C)C2c2cccc(C)c2)ccc1Cl. The molecular formula is C23H25ClN2O4. The fraction of sp³-hybridized carbons (Fsp3) is 0.304. The molecule has 1 saturated heterocycles. The summed E-state index contributed by atoms with van der Waals surface area (Å²) in [6.45, 7) is 2.89. The average molecular weight is 429 g/mol. The van der Waals surface area contributed by atoms with Crippen molar-refractivity contribution in [3.63, 3.8) is 0 Å². The number of ketones is 1. The number of aliphatic hydroxyl groups is 1. The van der Waals surface area contributed by atoms with Gasteiger partial charge in [-0.2, -0.15) is 0 Å². The summed E-state index contributed by atoms with van der Waals surface area (Å²) < 4.78 is 5.23. The number of rotatable bonds is 6. The van der Waals surface area contributed by atoms with E-state index in [1.807, 2.05) is 50.2 Å². The van der Waals surface area contributed by atoms with Crippen LogP contribution in [0.25, 0.3) is 5.76 Å². The van der Waals surface area contributed by atoms with E-state index in [9.17, 15) is 14.7 Å². The summed E-state index contributed by atoms with van der Waals surface area (Å²) in [5, 5.41) is 11.5. The number of hydrogen-bond donors (Lipinski definition) is 1. The number of aliphatic hydroxyl groups excluding tert-OH is 1. The summed E-state index contributed by atoms with van der Waals surface area (Å²) in [5.74, 6) is -1.20. The maximum Gasteiger partial charge on any atom is 0.295 e. The smallest absolute Gasteiger partial charge is 0.295 e. The Morgan fingerprint density at radius 2 is 1.93 bits per heavy atom. The number of benzene rings is 2. The molecule has 2 aromatic rings. The van der Waals surface area contributed by atoms with E-state index in [0.29, 0.717) is 29.4 Å². The van der Waals surface area contributed by atoms with E-state index in [4.69, 9.17) is 16.3 Å². The first kappa shape index (κ1) is 21.9. The molecule has 1 fully saturated rings. The molecule has 6 nitrogen and oxygen atoms in total. The number of methoxy groups -OCH3 is 1. The molecule has 1 aliphatic heterocycles. The number of likely N-dealkylation sites (N-methyl/N-ethyl adjacent to an activating group) is 1. The summed E-state index contributed by atoms with van der Waals surface area (Å²) >= 11 is 6.09. The third-order valence-electron chi connectivity index (χ3n) is 5.11. The quantitative estimate of drug-likeness (QED) is 0.432. The fourth-order valence-corrected chi connectivity index (χ4v) is 3.76. The van der Waals surface area contributed by atoms with Gasteiger partial charge in [-0.3, -0.25) is 9.59 Å². The highest BCUT2D eigenvalue weighted by atomic mass is 35.5. The Labute approximate surface area is 181 Å². The molecule has 2 aromatic carbocycles. The summed E-state index contributed by atoms with van der Waals surface area (Å²) in [5.41, 5.74) is 2.20. The number of halogens is 1. The van der Waals surface area contributed by atoms with Crippen molar-refractivity contribution >= 4 is 29.1 Å². The summed E-state index contributed by atoms with van der Waals surface area (Å²) in [4.78, 5) is 29.3. The van der Waals surface area contributed by atoms with Gasteiger partial charge in [0, 0.05) is 18.7 Å². The van der Waals surface area contributed by atoms with E-state index >= 15 is 0 Å². The second-order valence-corrected chi connectivity index (χ2v) is 7.97. The van der Waals surface area contributed by atoms with Crippen LogP contribution in [0.5, 0.6) is 5.75 Å². The Kier molecular flexibility index (Phi) is 6.48. The molecule has 1 unspecified atom stereocenters. The molecule has 1 heterocycles. The van der Waals surface area contributed by atoms with Crippen LogP contribution in [0.15, 0.2) is 48.0 Å². The molecule has 0 bridgehead atoms. The highest BCUT2D eigenvalue weighted by Crippen LogP contribution is 2.40. The molecule has 0 spiro atoms. The van der Waals surface area contributed by atoms with Gasteiger partial charge in [0.1, 0.15) is 11.5 Å². The predicted molar refractivity (Wildman–Crippen MR) is 117 cm³/mol. The third kappa shape index (κ3) is 4.20. The van der Waals surface area contributed by atoms with Gasteiger partial charge in [0.15, 0.2) is 0 Å². The van der Waals surface area contributed by atoms with Gasteiger partial charge in [-0.25, -0.2) is 0 Å². The van der Waals surface area contributed by atoms with Crippen molar-refractivity contribution < 1.29 is 19.4 Å². The van der Waals surface area contributed by atoms with Crippen LogP contribution < -0.4 is 4.74 Å². The largest absolute Gasteiger partial charge is 0.507 e. The fourth-order valence-electron chi connectivity index (χ4n) is 3.57. The van der Waals surface area contributed by atoms with Crippen molar-refractivity contribution in [2.45, 2.75) is 13.0 Å². The molecule has 30 heavy (non-hydrogen) atoms. The van der Waals surface area contributed by atoms with Crippen LogP contribution in [-0.4, -0.2) is 60.9 Å². The molecule has 0 radical (unpaired) electrons. The number of carbonyl (C=O) groups excluding carboxylic acids is 2. The molecule has 0 aromatic heterocycles. The number of carbonyl (C=O) groups is 2. The van der Waals surface area contributed by atoms with Crippen LogP contribution >= 0.6 is 11.6 Å². The van der Waals surface area contributed by atoms with E-state index < -0.39 is 17.7 Å². The van der Waals surface area contributed by atoms with Crippen LogP contribution in [0.4, 0.5) is 0 Å². The first-order chi connectivity index (χ1) is 14.2. The standard InChI is InChI=1S/C23H25ClN2O4/c1-14-6-5-7-15(12-14)20-19(22(28)23(29)26(20)11-10-25(2)3)21(27)16-8-9-17(24)18(13-16)30-4/h5-9,12-13,20,27H,10-11H2,1-4H3/b21-19-. The molecule has 3 rings (SSSR count). The lowest BCUT2D eigenvalue weighted by Gasteiger charge is -2.26. The molecular weight excluding hydrogens is 404 g/mol. The Bertz CT molecular complexity index is 1020.